The molecular weight excluding hydrogens is 454 g/mol. The van der Waals surface area contributed by atoms with Gasteiger partial charge in [-0.1, -0.05) is 24.1 Å². The molecule has 0 radical (unpaired) electrons. The van der Waals surface area contributed by atoms with E-state index in [2.05, 4.69) is 22.0 Å². The average molecular weight is 484 g/mol. The number of rotatable bonds is 4. The lowest BCUT2D eigenvalue weighted by Crippen LogP contribution is -2.26. The third kappa shape index (κ3) is 3.81. The standard InChI is InChI=1S/C28H29N5O3/c1-16-8-10-22(12-17(16)2)32-15-20(14-25(32)34)27-30-26(31-36-27)19-9-11-24-23(13-19)29-18(3)28(35)33(24)21-6-4-5-7-21/h8-13,20-21H,4-7,14-15H2,1-3H3. The monoisotopic (exact) mass is 483 g/mol. The first-order valence-electron chi connectivity index (χ1n) is 12.6. The van der Waals surface area contributed by atoms with Crippen molar-refractivity contribution in [2.75, 3.05) is 11.4 Å². The molecule has 6 rings (SSSR count). The zero-order chi connectivity index (χ0) is 25.0. The third-order valence-electron chi connectivity index (χ3n) is 7.72. The Morgan fingerprint density at radius 1 is 0.944 bits per heavy atom. The van der Waals surface area contributed by atoms with Crippen LogP contribution in [0.3, 0.4) is 0 Å². The minimum absolute atomic E-state index is 0.0109. The first-order valence-corrected chi connectivity index (χ1v) is 12.6. The van der Waals surface area contributed by atoms with Gasteiger partial charge in [0.25, 0.3) is 5.56 Å². The minimum atomic E-state index is -0.159. The van der Waals surface area contributed by atoms with Crippen molar-refractivity contribution in [3.05, 3.63) is 69.5 Å². The summed E-state index contributed by atoms with van der Waals surface area (Å²) in [5.41, 5.74) is 6.10. The second-order valence-electron chi connectivity index (χ2n) is 10.1. The van der Waals surface area contributed by atoms with Crippen LogP contribution in [0.1, 0.15) is 66.8 Å². The van der Waals surface area contributed by atoms with Crippen LogP contribution in [0.4, 0.5) is 5.69 Å². The van der Waals surface area contributed by atoms with Gasteiger partial charge in [-0.3, -0.25) is 9.59 Å². The quantitative estimate of drug-likeness (QED) is 0.405. The molecule has 4 aromatic rings. The van der Waals surface area contributed by atoms with Crippen molar-refractivity contribution < 1.29 is 9.32 Å². The predicted molar refractivity (Wildman–Crippen MR) is 137 cm³/mol. The molecule has 8 nitrogen and oxygen atoms in total. The Morgan fingerprint density at radius 3 is 2.53 bits per heavy atom. The molecule has 1 unspecified atom stereocenters. The number of nitrogens with zero attached hydrogens (tertiary/aromatic N) is 5. The van der Waals surface area contributed by atoms with Crippen molar-refractivity contribution >= 4 is 22.6 Å². The molecule has 3 heterocycles. The Kier molecular flexibility index (Phi) is 5.47. The van der Waals surface area contributed by atoms with Crippen molar-refractivity contribution in [1.29, 1.82) is 0 Å². The summed E-state index contributed by atoms with van der Waals surface area (Å²) in [5.74, 6) is 0.818. The molecule has 1 saturated carbocycles. The number of fused-ring (bicyclic) bond motifs is 1. The Balaban J connectivity index is 1.29. The van der Waals surface area contributed by atoms with Crippen LogP contribution in [0, 0.1) is 20.8 Å². The fourth-order valence-electron chi connectivity index (χ4n) is 5.53. The van der Waals surface area contributed by atoms with E-state index in [0.29, 0.717) is 30.4 Å². The lowest BCUT2D eigenvalue weighted by atomic mass is 10.1. The Morgan fingerprint density at radius 2 is 1.75 bits per heavy atom. The maximum absolute atomic E-state index is 12.9. The molecular formula is C28H29N5O3. The first kappa shape index (κ1) is 22.6. The summed E-state index contributed by atoms with van der Waals surface area (Å²) in [5, 5.41) is 4.21. The Labute approximate surface area is 209 Å². The summed E-state index contributed by atoms with van der Waals surface area (Å²) < 4.78 is 7.54. The number of aryl methyl sites for hydroxylation is 3. The van der Waals surface area contributed by atoms with Crippen LogP contribution in [0.25, 0.3) is 22.4 Å². The number of hydrogen-bond donors (Lipinski definition) is 0. The minimum Gasteiger partial charge on any atom is -0.339 e. The van der Waals surface area contributed by atoms with E-state index in [1.807, 2.05) is 47.9 Å². The zero-order valence-corrected chi connectivity index (χ0v) is 20.8. The number of benzene rings is 2. The van der Waals surface area contributed by atoms with Gasteiger partial charge in [-0.25, -0.2) is 4.98 Å². The van der Waals surface area contributed by atoms with E-state index in [1.54, 1.807) is 11.8 Å². The van der Waals surface area contributed by atoms with Gasteiger partial charge in [0, 0.05) is 30.3 Å². The largest absolute Gasteiger partial charge is 0.339 e. The summed E-state index contributed by atoms with van der Waals surface area (Å²) in [4.78, 5) is 36.7. The highest BCUT2D eigenvalue weighted by atomic mass is 16.5. The van der Waals surface area contributed by atoms with E-state index in [-0.39, 0.29) is 23.4 Å². The third-order valence-corrected chi connectivity index (χ3v) is 7.72. The van der Waals surface area contributed by atoms with Gasteiger partial charge < -0.3 is 14.0 Å². The molecule has 0 spiro atoms. The molecule has 184 valence electrons. The predicted octanol–water partition coefficient (Wildman–Crippen LogP) is 5.01. The van der Waals surface area contributed by atoms with E-state index in [1.165, 1.54) is 5.56 Å². The fraction of sp³-hybridized carbons (Fsp3) is 0.393. The average Bonchev–Trinajstić information content (AvgIpc) is 3.63. The fourth-order valence-corrected chi connectivity index (χ4v) is 5.53. The molecule has 0 N–H and O–H groups in total. The number of carbonyl (C=O) groups excluding carboxylic acids is 1. The summed E-state index contributed by atoms with van der Waals surface area (Å²) in [7, 11) is 0. The molecule has 1 saturated heterocycles. The van der Waals surface area contributed by atoms with Crippen LogP contribution in [0.5, 0.6) is 0 Å². The van der Waals surface area contributed by atoms with Crippen molar-refractivity contribution in [3.8, 4) is 11.4 Å². The molecule has 1 aliphatic carbocycles. The van der Waals surface area contributed by atoms with Gasteiger partial charge in [-0.05, 0) is 75.1 Å². The van der Waals surface area contributed by atoms with Crippen LogP contribution in [0.2, 0.25) is 0 Å². The van der Waals surface area contributed by atoms with Gasteiger partial charge >= 0.3 is 0 Å². The number of amides is 1. The van der Waals surface area contributed by atoms with Crippen LogP contribution in [-0.4, -0.2) is 32.1 Å². The van der Waals surface area contributed by atoms with Gasteiger partial charge in [0.05, 0.1) is 17.0 Å². The Hall–Kier alpha value is -3.81. The topological polar surface area (TPSA) is 94.1 Å². The van der Waals surface area contributed by atoms with E-state index in [0.717, 1.165) is 53.5 Å². The Bertz CT molecular complexity index is 1550. The summed E-state index contributed by atoms with van der Waals surface area (Å²) in [6, 6.07) is 12.1. The maximum Gasteiger partial charge on any atom is 0.272 e. The smallest absolute Gasteiger partial charge is 0.272 e. The molecule has 2 aromatic carbocycles. The summed E-state index contributed by atoms with van der Waals surface area (Å²) in [6.45, 7) is 6.39. The first-order chi connectivity index (χ1) is 17.4. The molecule has 1 aliphatic heterocycles. The molecule has 1 atom stereocenters. The van der Waals surface area contributed by atoms with E-state index in [4.69, 9.17) is 4.52 Å². The van der Waals surface area contributed by atoms with E-state index < -0.39 is 0 Å². The van der Waals surface area contributed by atoms with Crippen LogP contribution in [-0.2, 0) is 4.79 Å². The van der Waals surface area contributed by atoms with Gasteiger partial charge in [-0.15, -0.1) is 0 Å². The normalized spacial score (nSPS) is 18.6. The molecule has 1 amide bonds. The van der Waals surface area contributed by atoms with Crippen molar-refractivity contribution in [2.45, 2.75) is 64.8 Å². The molecule has 0 bridgehead atoms. The molecule has 2 aliphatic rings. The van der Waals surface area contributed by atoms with Crippen molar-refractivity contribution in [1.82, 2.24) is 19.7 Å². The molecule has 2 aromatic heterocycles. The molecule has 2 fully saturated rings. The second-order valence-corrected chi connectivity index (χ2v) is 10.1. The maximum atomic E-state index is 12.9. The zero-order valence-electron chi connectivity index (χ0n) is 20.8. The van der Waals surface area contributed by atoms with E-state index >= 15 is 0 Å². The SMILES string of the molecule is Cc1ccc(N2CC(c3nc(-c4ccc5c(c4)nc(C)c(=O)n5C4CCCC4)no3)CC2=O)cc1C. The van der Waals surface area contributed by atoms with Crippen molar-refractivity contribution in [2.24, 2.45) is 0 Å². The van der Waals surface area contributed by atoms with Gasteiger partial charge in [-0.2, -0.15) is 4.98 Å². The van der Waals surface area contributed by atoms with Crippen LogP contribution in [0.15, 0.2) is 45.7 Å². The van der Waals surface area contributed by atoms with Crippen LogP contribution >= 0.6 is 0 Å². The number of hydrogen-bond acceptors (Lipinski definition) is 6. The summed E-state index contributed by atoms with van der Waals surface area (Å²) >= 11 is 0. The van der Waals surface area contributed by atoms with Gasteiger partial charge in [0.15, 0.2) is 0 Å². The highest BCUT2D eigenvalue weighted by Crippen LogP contribution is 2.34. The summed E-state index contributed by atoms with van der Waals surface area (Å²) in [6.07, 6.45) is 4.67. The lowest BCUT2D eigenvalue weighted by Gasteiger charge is -2.17. The van der Waals surface area contributed by atoms with E-state index in [9.17, 15) is 9.59 Å². The molecule has 36 heavy (non-hydrogen) atoms. The number of carbonyl (C=O) groups is 1. The highest BCUT2D eigenvalue weighted by Gasteiger charge is 2.35. The van der Waals surface area contributed by atoms with Gasteiger partial charge in [0.1, 0.15) is 5.69 Å². The second kappa shape index (κ2) is 8.69. The number of anilines is 1. The number of aromatic nitrogens is 4. The lowest BCUT2D eigenvalue weighted by molar-refractivity contribution is -0.117. The van der Waals surface area contributed by atoms with Crippen molar-refractivity contribution in [3.63, 3.8) is 0 Å². The highest BCUT2D eigenvalue weighted by molar-refractivity contribution is 5.96. The van der Waals surface area contributed by atoms with Gasteiger partial charge in [0.2, 0.25) is 17.6 Å². The molecule has 8 heteroatoms. The van der Waals surface area contributed by atoms with Crippen LogP contribution < -0.4 is 10.5 Å².